The Hall–Kier alpha value is -2.08. The molecule has 3 nitrogen and oxygen atoms in total. The van der Waals surface area contributed by atoms with Gasteiger partial charge in [-0.25, -0.2) is 4.79 Å². The molecule has 1 heterocycles. The number of fused-ring (bicyclic) bond motifs is 1. The minimum absolute atomic E-state index is 0. The van der Waals surface area contributed by atoms with Crippen molar-refractivity contribution in [2.75, 3.05) is 0 Å². The van der Waals surface area contributed by atoms with E-state index in [1.54, 1.807) is 4.90 Å². The zero-order chi connectivity index (χ0) is 16.4. The van der Waals surface area contributed by atoms with E-state index in [1.807, 2.05) is 88.0 Å². The molecular formula is C20H20LiNO2. The maximum Gasteiger partial charge on any atom is 1.00 e. The molecule has 1 aliphatic heterocycles. The molecule has 0 atom stereocenters. The maximum absolute atomic E-state index is 12.6. The number of ether oxygens (including phenoxy) is 1. The fourth-order valence-electron chi connectivity index (χ4n) is 2.48. The number of hydrogen-bond acceptors (Lipinski definition) is 2. The molecule has 0 saturated carbocycles. The number of amides is 1. The van der Waals surface area contributed by atoms with Crippen LogP contribution in [0.3, 0.4) is 0 Å². The van der Waals surface area contributed by atoms with Crippen LogP contribution in [0, 0.1) is 6.54 Å². The minimum Gasteiger partial charge on any atom is -0.444 e. The van der Waals surface area contributed by atoms with E-state index in [0.717, 1.165) is 22.4 Å². The van der Waals surface area contributed by atoms with E-state index in [0.29, 0.717) is 0 Å². The van der Waals surface area contributed by atoms with Crippen LogP contribution in [0.5, 0.6) is 0 Å². The third kappa shape index (κ3) is 4.06. The van der Waals surface area contributed by atoms with E-state index in [4.69, 9.17) is 4.74 Å². The summed E-state index contributed by atoms with van der Waals surface area (Å²) in [5, 5.41) is 0. The molecule has 3 rings (SSSR count). The Morgan fingerprint density at radius 3 is 2.29 bits per heavy atom. The van der Waals surface area contributed by atoms with E-state index in [1.165, 1.54) is 0 Å². The van der Waals surface area contributed by atoms with Crippen molar-refractivity contribution < 1.29 is 28.4 Å². The first kappa shape index (κ1) is 18.3. The normalized spacial score (nSPS) is 13.1. The minimum atomic E-state index is -0.538. The molecule has 1 amide bonds. The second kappa shape index (κ2) is 7.21. The van der Waals surface area contributed by atoms with Gasteiger partial charge >= 0.3 is 25.0 Å². The summed E-state index contributed by atoms with van der Waals surface area (Å²) in [5.41, 5.74) is 3.34. The third-order valence-electron chi connectivity index (χ3n) is 3.48. The predicted octanol–water partition coefficient (Wildman–Crippen LogP) is 1.95. The van der Waals surface area contributed by atoms with E-state index in [2.05, 4.69) is 0 Å². The molecule has 24 heavy (non-hydrogen) atoms. The summed E-state index contributed by atoms with van der Waals surface area (Å²) in [5.74, 6) is 0. The molecule has 0 unspecified atom stereocenters. The number of carbonyl (C=O) groups excluding carboxylic acids is 1. The zero-order valence-electron chi connectivity index (χ0n) is 14.6. The van der Waals surface area contributed by atoms with Crippen molar-refractivity contribution in [2.45, 2.75) is 26.4 Å². The van der Waals surface area contributed by atoms with Crippen LogP contribution in [0.2, 0.25) is 0 Å². The summed E-state index contributed by atoms with van der Waals surface area (Å²) in [4.78, 5) is 14.2. The second-order valence-electron chi connectivity index (χ2n) is 6.50. The quantitative estimate of drug-likeness (QED) is 0.595. The van der Waals surface area contributed by atoms with Crippen molar-refractivity contribution in [1.82, 2.24) is 4.90 Å². The molecule has 0 fully saturated rings. The largest absolute Gasteiger partial charge is 1.00 e. The number of nitrogens with zero attached hydrogens (tertiary/aromatic N) is 1. The Kier molecular flexibility index (Phi) is 5.49. The van der Waals surface area contributed by atoms with Gasteiger partial charge in [0.25, 0.3) is 0 Å². The number of hydrogen-bond donors (Lipinski definition) is 0. The van der Waals surface area contributed by atoms with Crippen molar-refractivity contribution in [3.63, 3.8) is 0 Å². The Balaban J connectivity index is 0.00000208. The van der Waals surface area contributed by atoms with Crippen LogP contribution in [-0.4, -0.2) is 16.6 Å². The van der Waals surface area contributed by atoms with E-state index in [-0.39, 0.29) is 25.0 Å². The van der Waals surface area contributed by atoms with Crippen LogP contribution in [0.4, 0.5) is 4.79 Å². The van der Waals surface area contributed by atoms with Crippen molar-refractivity contribution >= 4 is 17.9 Å². The zero-order valence-corrected chi connectivity index (χ0v) is 14.6. The van der Waals surface area contributed by atoms with Gasteiger partial charge in [-0.15, -0.1) is 17.7 Å². The molecule has 0 aromatic heterocycles. The van der Waals surface area contributed by atoms with Crippen LogP contribution >= 0.6 is 0 Å². The Labute approximate surface area is 155 Å². The van der Waals surface area contributed by atoms with Crippen molar-refractivity contribution in [3.8, 4) is 0 Å². The molecule has 0 N–H and O–H groups in total. The SMILES string of the molecule is CC(C)(C)OC(=O)N1[CH-]c2ccccc2C=C1c1ccccc1.[Li+]. The smallest absolute Gasteiger partial charge is 0.444 e. The Bertz CT molecular complexity index is 748. The van der Waals surface area contributed by atoms with Crippen LogP contribution < -0.4 is 18.9 Å². The van der Waals surface area contributed by atoms with Crippen molar-refractivity contribution in [2.24, 2.45) is 0 Å². The van der Waals surface area contributed by atoms with Crippen LogP contribution in [0.25, 0.3) is 11.8 Å². The number of carbonyl (C=O) groups is 1. The first-order chi connectivity index (χ1) is 10.9. The molecule has 118 valence electrons. The number of benzene rings is 2. The Morgan fingerprint density at radius 1 is 1.00 bits per heavy atom. The summed E-state index contributed by atoms with van der Waals surface area (Å²) in [7, 11) is 0. The topological polar surface area (TPSA) is 29.5 Å². The van der Waals surface area contributed by atoms with E-state index < -0.39 is 5.60 Å². The van der Waals surface area contributed by atoms with Gasteiger partial charge in [0.2, 0.25) is 0 Å². The molecule has 0 saturated heterocycles. The average Bonchev–Trinajstić information content (AvgIpc) is 2.53. The van der Waals surface area contributed by atoms with Crippen molar-refractivity contribution in [3.05, 3.63) is 77.8 Å². The third-order valence-corrected chi connectivity index (χ3v) is 3.48. The summed E-state index contributed by atoms with van der Waals surface area (Å²) in [6.07, 6.45) is 1.65. The molecule has 0 spiro atoms. The summed E-state index contributed by atoms with van der Waals surface area (Å²) in [6, 6.07) is 17.9. The first-order valence-corrected chi connectivity index (χ1v) is 7.67. The molecule has 2 aromatic rings. The van der Waals surface area contributed by atoms with Gasteiger partial charge in [0.15, 0.2) is 0 Å². The molecular weight excluding hydrogens is 293 g/mol. The molecule has 0 bridgehead atoms. The summed E-state index contributed by atoms with van der Waals surface area (Å²) in [6.45, 7) is 7.45. The van der Waals surface area contributed by atoms with Gasteiger partial charge in [0.1, 0.15) is 5.60 Å². The molecule has 0 radical (unpaired) electrons. The first-order valence-electron chi connectivity index (χ1n) is 7.67. The van der Waals surface area contributed by atoms with Crippen LogP contribution in [-0.2, 0) is 4.74 Å². The fraction of sp³-hybridized carbons (Fsp3) is 0.200. The molecule has 2 aromatic carbocycles. The Morgan fingerprint density at radius 2 is 1.62 bits per heavy atom. The standard InChI is InChI=1S/C20H20NO2.Li/c1-20(2,3)23-19(22)21-14-17-12-8-7-11-16(17)13-18(21)15-9-5-4-6-10-15;/h4-14H,1-3H3;/q-1;+1. The summed E-state index contributed by atoms with van der Waals surface area (Å²) >= 11 is 0. The van der Waals surface area contributed by atoms with Gasteiger partial charge < -0.3 is 9.64 Å². The summed E-state index contributed by atoms with van der Waals surface area (Å²) < 4.78 is 5.56. The monoisotopic (exact) mass is 313 g/mol. The maximum atomic E-state index is 12.6. The molecule has 1 aliphatic rings. The van der Waals surface area contributed by atoms with Gasteiger partial charge in [-0.05, 0) is 26.3 Å². The molecule has 4 heteroatoms. The van der Waals surface area contributed by atoms with Crippen LogP contribution in [0.15, 0.2) is 54.6 Å². The van der Waals surface area contributed by atoms with E-state index in [9.17, 15) is 4.79 Å². The van der Waals surface area contributed by atoms with Gasteiger partial charge in [0.05, 0.1) is 0 Å². The van der Waals surface area contributed by atoms with E-state index >= 15 is 0 Å². The second-order valence-corrected chi connectivity index (χ2v) is 6.50. The van der Waals surface area contributed by atoms with Crippen LogP contribution in [0.1, 0.15) is 37.5 Å². The average molecular weight is 313 g/mol. The predicted molar refractivity (Wildman–Crippen MR) is 92.2 cm³/mol. The number of rotatable bonds is 1. The van der Waals surface area contributed by atoms with Crippen molar-refractivity contribution in [1.29, 1.82) is 0 Å². The molecule has 0 aliphatic carbocycles. The van der Waals surface area contributed by atoms with Gasteiger partial charge in [-0.1, -0.05) is 49.0 Å². The van der Waals surface area contributed by atoms with Gasteiger partial charge in [-0.3, -0.25) is 0 Å². The van der Waals surface area contributed by atoms with Gasteiger partial charge in [0, 0.05) is 5.70 Å². The fourth-order valence-corrected chi connectivity index (χ4v) is 2.48. The van der Waals surface area contributed by atoms with Gasteiger partial charge in [-0.2, -0.15) is 11.6 Å².